The van der Waals surface area contributed by atoms with Gasteiger partial charge in [-0.25, -0.2) is 0 Å². The zero-order chi connectivity index (χ0) is 24.1. The van der Waals surface area contributed by atoms with Gasteiger partial charge < -0.3 is 10.6 Å². The van der Waals surface area contributed by atoms with E-state index in [4.69, 9.17) is 4.99 Å². The molecule has 2 N–H and O–H groups in total. The highest BCUT2D eigenvalue weighted by atomic mass is 16.1. The van der Waals surface area contributed by atoms with Gasteiger partial charge in [-0.2, -0.15) is 0 Å². The number of aryl methyl sites for hydroxylation is 1. The van der Waals surface area contributed by atoms with Crippen molar-refractivity contribution in [2.24, 2.45) is 4.99 Å². The highest BCUT2D eigenvalue weighted by Gasteiger charge is 2.38. The van der Waals surface area contributed by atoms with Gasteiger partial charge in [-0.15, -0.1) is 10.2 Å². The van der Waals surface area contributed by atoms with E-state index in [1.165, 1.54) is 0 Å². The Morgan fingerprint density at radius 2 is 1.68 bits per heavy atom. The first-order chi connectivity index (χ1) is 16.1. The van der Waals surface area contributed by atoms with Crippen molar-refractivity contribution in [2.75, 3.05) is 0 Å². The van der Waals surface area contributed by atoms with Crippen molar-refractivity contribution in [2.45, 2.75) is 71.1 Å². The number of nitrogens with zero attached hydrogens (tertiary/aromatic N) is 4. The van der Waals surface area contributed by atoms with E-state index >= 15 is 0 Å². The van der Waals surface area contributed by atoms with Crippen LogP contribution in [0, 0.1) is 6.92 Å². The predicted octanol–water partition coefficient (Wildman–Crippen LogP) is 3.97. The molecule has 7 heteroatoms. The molecule has 0 spiro atoms. The van der Waals surface area contributed by atoms with E-state index in [9.17, 15) is 4.79 Å². The number of rotatable bonds is 3. The van der Waals surface area contributed by atoms with Crippen LogP contribution in [0.15, 0.2) is 53.5 Å². The Kier molecular flexibility index (Phi) is 5.40. The molecule has 34 heavy (non-hydrogen) atoms. The van der Waals surface area contributed by atoms with Crippen LogP contribution in [-0.2, 0) is 6.54 Å². The number of hydrogen-bond acceptors (Lipinski definition) is 5. The molecule has 5 rings (SSSR count). The van der Waals surface area contributed by atoms with E-state index in [1.54, 1.807) is 0 Å². The second-order valence-electron chi connectivity index (χ2n) is 10.7. The highest BCUT2D eigenvalue weighted by molar-refractivity contribution is 6.15. The molecular formula is C27H32N6O. The predicted molar refractivity (Wildman–Crippen MR) is 134 cm³/mol. The van der Waals surface area contributed by atoms with Gasteiger partial charge in [0, 0.05) is 33.8 Å². The first-order valence-corrected chi connectivity index (χ1v) is 11.9. The minimum absolute atomic E-state index is 0.0176. The van der Waals surface area contributed by atoms with E-state index in [1.807, 2.05) is 43.3 Å². The van der Waals surface area contributed by atoms with Crippen LogP contribution < -0.4 is 10.6 Å². The number of para-hydroxylation sites is 1. The van der Waals surface area contributed by atoms with Crippen molar-refractivity contribution in [1.29, 1.82) is 0 Å². The lowest BCUT2D eigenvalue weighted by molar-refractivity contribution is 0.0873. The summed E-state index contributed by atoms with van der Waals surface area (Å²) in [6.45, 7) is 11.2. The number of carbonyl (C=O) groups is 1. The maximum Gasteiger partial charge on any atom is 0.251 e. The molecule has 2 aliphatic rings. The average Bonchev–Trinajstić information content (AvgIpc) is 3.03. The minimum Gasteiger partial charge on any atom is -0.349 e. The first kappa shape index (κ1) is 22.5. The summed E-state index contributed by atoms with van der Waals surface area (Å²) < 4.78 is 2.07. The molecule has 1 saturated heterocycles. The second kappa shape index (κ2) is 8.17. The molecule has 3 heterocycles. The summed E-state index contributed by atoms with van der Waals surface area (Å²) in [4.78, 5) is 17.9. The van der Waals surface area contributed by atoms with E-state index in [0.717, 1.165) is 47.0 Å². The van der Waals surface area contributed by atoms with E-state index in [2.05, 4.69) is 65.2 Å². The summed E-state index contributed by atoms with van der Waals surface area (Å²) in [7, 11) is 0. The normalized spacial score (nSPS) is 18.9. The summed E-state index contributed by atoms with van der Waals surface area (Å²) in [5.74, 6) is 1.63. The third kappa shape index (κ3) is 4.28. The van der Waals surface area contributed by atoms with Gasteiger partial charge in [-0.3, -0.25) is 14.4 Å². The molecule has 1 aromatic heterocycles. The van der Waals surface area contributed by atoms with Gasteiger partial charge in [0.2, 0.25) is 0 Å². The van der Waals surface area contributed by atoms with Crippen LogP contribution in [0.3, 0.4) is 0 Å². The fraction of sp³-hybridized carbons (Fsp3) is 0.407. The highest BCUT2D eigenvalue weighted by Crippen LogP contribution is 2.29. The Morgan fingerprint density at radius 3 is 2.38 bits per heavy atom. The van der Waals surface area contributed by atoms with Crippen LogP contribution in [-0.4, -0.2) is 43.5 Å². The Hall–Kier alpha value is -3.32. The van der Waals surface area contributed by atoms with Crippen molar-refractivity contribution in [1.82, 2.24) is 25.4 Å². The van der Waals surface area contributed by atoms with Crippen molar-refractivity contribution in [3.63, 3.8) is 0 Å². The molecule has 1 amide bonds. The Morgan fingerprint density at radius 1 is 1.00 bits per heavy atom. The third-order valence-electron chi connectivity index (χ3n) is 6.62. The van der Waals surface area contributed by atoms with Crippen LogP contribution in [0.2, 0.25) is 0 Å². The lowest BCUT2D eigenvalue weighted by atomic mass is 9.79. The molecule has 1 fully saturated rings. The summed E-state index contributed by atoms with van der Waals surface area (Å²) >= 11 is 0. The molecule has 2 aromatic carbocycles. The number of amides is 1. The molecule has 0 saturated carbocycles. The molecule has 176 valence electrons. The molecule has 7 nitrogen and oxygen atoms in total. The molecule has 2 aliphatic heterocycles. The van der Waals surface area contributed by atoms with Gasteiger partial charge >= 0.3 is 0 Å². The number of aromatic nitrogens is 3. The Balaban J connectivity index is 1.39. The number of piperidine rings is 1. The fourth-order valence-electron chi connectivity index (χ4n) is 5.65. The van der Waals surface area contributed by atoms with Crippen molar-refractivity contribution >= 4 is 11.6 Å². The maximum absolute atomic E-state index is 13.0. The summed E-state index contributed by atoms with van der Waals surface area (Å²) in [6.07, 6.45) is 1.80. The number of hydrogen-bond donors (Lipinski definition) is 2. The number of benzene rings is 2. The van der Waals surface area contributed by atoms with Crippen LogP contribution in [0.25, 0.3) is 5.69 Å². The van der Waals surface area contributed by atoms with Gasteiger partial charge in [0.25, 0.3) is 5.91 Å². The van der Waals surface area contributed by atoms with Gasteiger partial charge in [-0.1, -0.05) is 30.3 Å². The summed E-state index contributed by atoms with van der Waals surface area (Å²) in [5.41, 5.74) is 4.55. The number of fused-ring (bicyclic) bond motifs is 3. The molecule has 0 aliphatic carbocycles. The molecular weight excluding hydrogens is 424 g/mol. The standard InChI is InChI=1S/C27H32N6O/c1-17-30-31-23-16-28-24(21-8-6-7-9-22(21)33(17)23)18-10-12-19(13-11-18)25(34)29-20-14-26(2,3)32-27(4,5)15-20/h6-13,20,32H,14-16H2,1-5H3,(H,29,34). The Labute approximate surface area is 200 Å². The lowest BCUT2D eigenvalue weighted by Gasteiger charge is -2.46. The van der Waals surface area contributed by atoms with Gasteiger partial charge in [0.05, 0.1) is 11.4 Å². The van der Waals surface area contributed by atoms with Gasteiger partial charge in [0.15, 0.2) is 5.82 Å². The molecule has 3 aromatic rings. The summed E-state index contributed by atoms with van der Waals surface area (Å²) in [5, 5.41) is 15.5. The zero-order valence-electron chi connectivity index (χ0n) is 20.5. The number of carbonyl (C=O) groups excluding carboxylic acids is 1. The van der Waals surface area contributed by atoms with Gasteiger partial charge in [-0.05, 0) is 65.7 Å². The van der Waals surface area contributed by atoms with Crippen LogP contribution in [0.1, 0.15) is 73.7 Å². The number of nitrogens with one attached hydrogen (secondary N) is 2. The smallest absolute Gasteiger partial charge is 0.251 e. The molecule has 0 bridgehead atoms. The van der Waals surface area contributed by atoms with E-state index in [0.29, 0.717) is 12.1 Å². The van der Waals surface area contributed by atoms with Crippen LogP contribution in [0.5, 0.6) is 0 Å². The minimum atomic E-state index is -0.0323. The average molecular weight is 457 g/mol. The van der Waals surface area contributed by atoms with Gasteiger partial charge in [0.1, 0.15) is 12.4 Å². The van der Waals surface area contributed by atoms with Crippen molar-refractivity contribution in [3.8, 4) is 5.69 Å². The topological polar surface area (TPSA) is 84.2 Å². The molecule has 0 atom stereocenters. The van der Waals surface area contributed by atoms with Crippen LogP contribution in [0.4, 0.5) is 0 Å². The maximum atomic E-state index is 13.0. The third-order valence-corrected chi connectivity index (χ3v) is 6.62. The zero-order valence-corrected chi connectivity index (χ0v) is 20.5. The van der Waals surface area contributed by atoms with Crippen molar-refractivity contribution < 1.29 is 4.79 Å². The SMILES string of the molecule is Cc1nnc2n1-c1ccccc1C(c1ccc(C(=O)NC3CC(C)(C)NC(C)(C)C3)cc1)=NC2. The quantitative estimate of drug-likeness (QED) is 0.625. The molecule has 0 unspecified atom stereocenters. The summed E-state index contributed by atoms with van der Waals surface area (Å²) in [6, 6.07) is 16.1. The molecule has 0 radical (unpaired) electrons. The first-order valence-electron chi connectivity index (χ1n) is 11.9. The fourth-order valence-corrected chi connectivity index (χ4v) is 5.65. The van der Waals surface area contributed by atoms with E-state index in [-0.39, 0.29) is 23.0 Å². The largest absolute Gasteiger partial charge is 0.349 e. The van der Waals surface area contributed by atoms with Crippen molar-refractivity contribution in [3.05, 3.63) is 76.9 Å². The number of aliphatic imine (C=N–C) groups is 1. The second-order valence-corrected chi connectivity index (χ2v) is 10.7. The lowest BCUT2D eigenvalue weighted by Crippen LogP contribution is -2.62. The van der Waals surface area contributed by atoms with Crippen LogP contribution >= 0.6 is 0 Å². The monoisotopic (exact) mass is 456 g/mol. The van der Waals surface area contributed by atoms with E-state index < -0.39 is 0 Å². The Bertz CT molecular complexity index is 1250.